The molecule has 0 fully saturated rings. The topological polar surface area (TPSA) is 12.9 Å². The first-order valence-corrected chi connectivity index (χ1v) is 6.97. The summed E-state index contributed by atoms with van der Waals surface area (Å²) >= 11 is 12.3. The van der Waals surface area contributed by atoms with E-state index in [1.54, 1.807) is 0 Å². The van der Waals surface area contributed by atoms with Crippen LogP contribution in [0.2, 0.25) is 10.0 Å². The first-order valence-electron chi connectivity index (χ1n) is 6.22. The Kier molecular flexibility index (Phi) is 3.72. The van der Waals surface area contributed by atoms with Gasteiger partial charge in [0.05, 0.1) is 11.2 Å². The summed E-state index contributed by atoms with van der Waals surface area (Å²) in [5, 5.41) is 2.39. The zero-order valence-corrected chi connectivity index (χ0v) is 12.1. The fourth-order valence-corrected chi connectivity index (χ4v) is 2.54. The molecule has 3 rings (SSSR count). The average Bonchev–Trinajstić information content (AvgIpc) is 2.46. The Hall–Kier alpha value is -1.83. The van der Waals surface area contributed by atoms with Crippen molar-refractivity contribution in [1.82, 2.24) is 4.98 Å². The average molecular weight is 300 g/mol. The van der Waals surface area contributed by atoms with Gasteiger partial charge in [-0.2, -0.15) is 0 Å². The van der Waals surface area contributed by atoms with Gasteiger partial charge in [-0.15, -0.1) is 0 Å². The standard InChI is InChI=1S/C17H11Cl2N/c18-15-5-3-6-16(19)14(15)11-10-13-9-8-12-4-1-2-7-17(12)20-13/h1-11H. The molecule has 0 spiro atoms. The number of hydrogen-bond acceptors (Lipinski definition) is 1. The van der Waals surface area contributed by atoms with E-state index in [9.17, 15) is 0 Å². The van der Waals surface area contributed by atoms with E-state index in [1.165, 1.54) is 0 Å². The van der Waals surface area contributed by atoms with Crippen molar-refractivity contribution in [1.29, 1.82) is 0 Å². The van der Waals surface area contributed by atoms with E-state index in [4.69, 9.17) is 23.2 Å². The van der Waals surface area contributed by atoms with Crippen LogP contribution in [0.25, 0.3) is 23.1 Å². The molecular formula is C17H11Cl2N. The lowest BCUT2D eigenvalue weighted by Crippen LogP contribution is -1.83. The van der Waals surface area contributed by atoms with E-state index in [0.717, 1.165) is 22.2 Å². The molecule has 3 heteroatoms. The number of benzene rings is 2. The van der Waals surface area contributed by atoms with Crippen molar-refractivity contribution >= 4 is 46.3 Å². The molecule has 0 aliphatic heterocycles. The smallest absolute Gasteiger partial charge is 0.0709 e. The van der Waals surface area contributed by atoms with Crippen molar-refractivity contribution < 1.29 is 0 Å². The van der Waals surface area contributed by atoms with Crippen LogP contribution in [0.1, 0.15) is 11.3 Å². The summed E-state index contributed by atoms with van der Waals surface area (Å²) in [5.41, 5.74) is 2.66. The SMILES string of the molecule is Clc1cccc(Cl)c1C=Cc1ccc2ccccc2n1. The van der Waals surface area contributed by atoms with E-state index < -0.39 is 0 Å². The van der Waals surface area contributed by atoms with Gasteiger partial charge in [0.1, 0.15) is 0 Å². The molecule has 0 amide bonds. The Morgan fingerprint density at radius 2 is 1.50 bits per heavy atom. The fraction of sp³-hybridized carbons (Fsp3) is 0. The second-order valence-electron chi connectivity index (χ2n) is 4.40. The van der Waals surface area contributed by atoms with Gasteiger partial charge in [-0.25, -0.2) is 4.98 Å². The summed E-state index contributed by atoms with van der Waals surface area (Å²) in [6, 6.07) is 17.5. The van der Waals surface area contributed by atoms with Crippen molar-refractivity contribution in [2.75, 3.05) is 0 Å². The zero-order valence-electron chi connectivity index (χ0n) is 10.6. The van der Waals surface area contributed by atoms with Crippen LogP contribution in [-0.4, -0.2) is 4.98 Å². The predicted octanol–water partition coefficient (Wildman–Crippen LogP) is 5.71. The van der Waals surface area contributed by atoms with Crippen molar-refractivity contribution in [3.63, 3.8) is 0 Å². The van der Waals surface area contributed by atoms with E-state index in [0.29, 0.717) is 10.0 Å². The Morgan fingerprint density at radius 3 is 2.30 bits per heavy atom. The van der Waals surface area contributed by atoms with Gasteiger partial charge in [0.25, 0.3) is 0 Å². The lowest BCUT2D eigenvalue weighted by atomic mass is 10.1. The minimum atomic E-state index is 0.634. The van der Waals surface area contributed by atoms with Gasteiger partial charge in [-0.1, -0.05) is 53.5 Å². The summed E-state index contributed by atoms with van der Waals surface area (Å²) in [5.74, 6) is 0. The van der Waals surface area contributed by atoms with Gasteiger partial charge in [0.2, 0.25) is 0 Å². The molecular weight excluding hydrogens is 289 g/mol. The lowest BCUT2D eigenvalue weighted by Gasteiger charge is -2.01. The molecule has 0 saturated carbocycles. The molecule has 0 bridgehead atoms. The third kappa shape index (κ3) is 2.69. The largest absolute Gasteiger partial charge is 0.248 e. The van der Waals surface area contributed by atoms with E-state index in [1.807, 2.05) is 60.7 Å². The maximum atomic E-state index is 6.13. The minimum absolute atomic E-state index is 0.634. The molecule has 20 heavy (non-hydrogen) atoms. The van der Waals surface area contributed by atoms with Crippen molar-refractivity contribution in [3.05, 3.63) is 75.9 Å². The molecule has 0 radical (unpaired) electrons. The molecule has 0 atom stereocenters. The summed E-state index contributed by atoms with van der Waals surface area (Å²) in [4.78, 5) is 4.58. The summed E-state index contributed by atoms with van der Waals surface area (Å²) in [6.07, 6.45) is 3.81. The summed E-state index contributed by atoms with van der Waals surface area (Å²) in [6.45, 7) is 0. The van der Waals surface area contributed by atoms with Crippen molar-refractivity contribution in [2.24, 2.45) is 0 Å². The molecule has 0 unspecified atom stereocenters. The van der Waals surface area contributed by atoms with E-state index in [-0.39, 0.29) is 0 Å². The molecule has 1 nitrogen and oxygen atoms in total. The molecule has 0 N–H and O–H groups in total. The second-order valence-corrected chi connectivity index (χ2v) is 5.21. The van der Waals surface area contributed by atoms with Crippen molar-refractivity contribution in [2.45, 2.75) is 0 Å². The zero-order chi connectivity index (χ0) is 13.9. The van der Waals surface area contributed by atoms with E-state index in [2.05, 4.69) is 11.1 Å². The quantitative estimate of drug-likeness (QED) is 0.590. The Morgan fingerprint density at radius 1 is 0.750 bits per heavy atom. The number of aromatic nitrogens is 1. The molecule has 3 aromatic rings. The summed E-state index contributed by atoms with van der Waals surface area (Å²) < 4.78 is 0. The minimum Gasteiger partial charge on any atom is -0.248 e. The maximum Gasteiger partial charge on any atom is 0.0709 e. The first kappa shape index (κ1) is 13.2. The molecule has 1 heterocycles. The number of rotatable bonds is 2. The summed E-state index contributed by atoms with van der Waals surface area (Å²) in [7, 11) is 0. The monoisotopic (exact) mass is 299 g/mol. The third-order valence-corrected chi connectivity index (χ3v) is 3.70. The van der Waals surface area contributed by atoms with Crippen LogP contribution in [0.5, 0.6) is 0 Å². The molecule has 1 aromatic heterocycles. The van der Waals surface area contributed by atoms with Gasteiger partial charge in [0, 0.05) is 21.0 Å². The van der Waals surface area contributed by atoms with Gasteiger partial charge < -0.3 is 0 Å². The Balaban J connectivity index is 1.98. The fourth-order valence-electron chi connectivity index (χ4n) is 2.01. The van der Waals surface area contributed by atoms with E-state index >= 15 is 0 Å². The molecule has 2 aromatic carbocycles. The maximum absolute atomic E-state index is 6.13. The Labute approximate surface area is 127 Å². The number of para-hydroxylation sites is 1. The highest BCUT2D eigenvalue weighted by atomic mass is 35.5. The molecule has 98 valence electrons. The highest BCUT2D eigenvalue weighted by molar-refractivity contribution is 6.37. The Bertz CT molecular complexity index is 774. The number of hydrogen-bond donors (Lipinski definition) is 0. The predicted molar refractivity (Wildman–Crippen MR) is 87.1 cm³/mol. The highest BCUT2D eigenvalue weighted by Crippen LogP contribution is 2.26. The van der Waals surface area contributed by atoms with Gasteiger partial charge in [0.15, 0.2) is 0 Å². The third-order valence-electron chi connectivity index (χ3n) is 3.04. The van der Waals surface area contributed by atoms with Crippen LogP contribution in [0.4, 0.5) is 0 Å². The second kappa shape index (κ2) is 5.66. The van der Waals surface area contributed by atoms with Crippen LogP contribution in [0.3, 0.4) is 0 Å². The van der Waals surface area contributed by atoms with Crippen LogP contribution >= 0.6 is 23.2 Å². The van der Waals surface area contributed by atoms with Crippen molar-refractivity contribution in [3.8, 4) is 0 Å². The van der Waals surface area contributed by atoms with Gasteiger partial charge >= 0.3 is 0 Å². The molecule has 0 saturated heterocycles. The molecule has 0 aliphatic carbocycles. The lowest BCUT2D eigenvalue weighted by molar-refractivity contribution is 1.37. The highest BCUT2D eigenvalue weighted by Gasteiger charge is 2.01. The molecule has 0 aliphatic rings. The number of fused-ring (bicyclic) bond motifs is 1. The van der Waals surface area contributed by atoms with Crippen LogP contribution < -0.4 is 0 Å². The number of pyridine rings is 1. The van der Waals surface area contributed by atoms with Gasteiger partial charge in [-0.05, 0) is 36.4 Å². The van der Waals surface area contributed by atoms with Gasteiger partial charge in [-0.3, -0.25) is 0 Å². The normalized spacial score (nSPS) is 11.3. The first-order chi connectivity index (χ1) is 9.74. The number of nitrogens with zero attached hydrogens (tertiary/aromatic N) is 1. The van der Waals surface area contributed by atoms with Crippen LogP contribution in [0.15, 0.2) is 54.6 Å². The van der Waals surface area contributed by atoms with Crippen LogP contribution in [-0.2, 0) is 0 Å². The number of halogens is 2. The van der Waals surface area contributed by atoms with Crippen LogP contribution in [0, 0.1) is 0 Å².